The number of aryl methyl sites for hydroxylation is 1. The minimum Gasteiger partial charge on any atom is -0.492 e. The number of anilines is 2. The van der Waals surface area contributed by atoms with Crippen molar-refractivity contribution in [1.29, 1.82) is 0 Å². The van der Waals surface area contributed by atoms with E-state index in [2.05, 4.69) is 69.0 Å². The van der Waals surface area contributed by atoms with Crippen molar-refractivity contribution in [3.8, 4) is 5.75 Å². The van der Waals surface area contributed by atoms with Gasteiger partial charge >= 0.3 is 0 Å². The molecule has 196 valence electrons. The summed E-state index contributed by atoms with van der Waals surface area (Å²) in [4.78, 5) is 18.8. The van der Waals surface area contributed by atoms with Crippen molar-refractivity contribution in [2.75, 3.05) is 38.1 Å². The Labute approximate surface area is 225 Å². The maximum Gasteiger partial charge on any atom is 0.216 e. The summed E-state index contributed by atoms with van der Waals surface area (Å²) in [7, 11) is 0. The number of piperidine rings is 1. The van der Waals surface area contributed by atoms with Gasteiger partial charge in [0, 0.05) is 53.9 Å². The van der Waals surface area contributed by atoms with Gasteiger partial charge < -0.3 is 15.4 Å². The fourth-order valence-electron chi connectivity index (χ4n) is 5.38. The van der Waals surface area contributed by atoms with Gasteiger partial charge in [0.1, 0.15) is 12.4 Å². The summed E-state index contributed by atoms with van der Waals surface area (Å²) >= 11 is 0. The zero-order valence-electron chi connectivity index (χ0n) is 22.2. The van der Waals surface area contributed by atoms with Crippen LogP contribution in [0.15, 0.2) is 84.9 Å². The van der Waals surface area contributed by atoms with Gasteiger partial charge in [-0.15, -0.1) is 0 Å². The number of hydrogen-bond acceptors (Lipinski definition) is 5. The number of hydrogen-bond donors (Lipinski definition) is 2. The second-order valence-corrected chi connectivity index (χ2v) is 10.2. The molecular formula is C32H36N4O2. The van der Waals surface area contributed by atoms with Gasteiger partial charge in [-0.2, -0.15) is 0 Å². The third-order valence-corrected chi connectivity index (χ3v) is 7.51. The number of nitrogens with one attached hydrogen (secondary N) is 2. The first-order chi connectivity index (χ1) is 18.5. The summed E-state index contributed by atoms with van der Waals surface area (Å²) in [6.07, 6.45) is 2.02. The third kappa shape index (κ3) is 6.14. The Morgan fingerprint density at radius 1 is 0.974 bits per heavy atom. The monoisotopic (exact) mass is 508 g/mol. The highest BCUT2D eigenvalue weighted by atomic mass is 16.5. The lowest BCUT2D eigenvalue weighted by Gasteiger charge is -2.42. The number of para-hydroxylation sites is 1. The van der Waals surface area contributed by atoms with Crippen LogP contribution in [-0.4, -0.2) is 48.6 Å². The minimum absolute atomic E-state index is 0.0141. The number of benzene rings is 3. The summed E-state index contributed by atoms with van der Waals surface area (Å²) in [5, 5.41) is 7.73. The van der Waals surface area contributed by atoms with Crippen LogP contribution in [0.1, 0.15) is 31.0 Å². The van der Waals surface area contributed by atoms with Crippen molar-refractivity contribution in [3.05, 3.63) is 96.2 Å². The number of nitrogens with zero attached hydrogens (tertiary/aromatic N) is 2. The second kappa shape index (κ2) is 11.7. The molecule has 0 atom stereocenters. The van der Waals surface area contributed by atoms with Gasteiger partial charge in [0.05, 0.1) is 5.52 Å². The van der Waals surface area contributed by atoms with E-state index in [0.717, 1.165) is 66.2 Å². The van der Waals surface area contributed by atoms with Crippen molar-refractivity contribution in [2.45, 2.75) is 32.1 Å². The Bertz CT molecular complexity index is 1380. The van der Waals surface area contributed by atoms with Gasteiger partial charge in [0.15, 0.2) is 0 Å². The van der Waals surface area contributed by atoms with E-state index in [4.69, 9.17) is 4.74 Å². The first-order valence-corrected chi connectivity index (χ1v) is 13.4. The van der Waals surface area contributed by atoms with Gasteiger partial charge in [-0.25, -0.2) is 0 Å². The van der Waals surface area contributed by atoms with Crippen LogP contribution < -0.4 is 15.4 Å². The van der Waals surface area contributed by atoms with Crippen LogP contribution in [-0.2, 0) is 10.2 Å². The van der Waals surface area contributed by atoms with Gasteiger partial charge in [-0.1, -0.05) is 54.6 Å². The molecule has 3 aromatic carbocycles. The molecule has 38 heavy (non-hydrogen) atoms. The lowest BCUT2D eigenvalue weighted by molar-refractivity contribution is -0.119. The molecule has 4 aromatic rings. The number of likely N-dealkylation sites (tertiary alicyclic amines) is 1. The Morgan fingerprint density at radius 3 is 2.53 bits per heavy atom. The average Bonchev–Trinajstić information content (AvgIpc) is 2.93. The van der Waals surface area contributed by atoms with E-state index in [9.17, 15) is 4.79 Å². The number of carbonyl (C=O) groups excluding carboxylic acids is 1. The summed E-state index contributed by atoms with van der Waals surface area (Å²) in [6, 6.07) is 29.0. The van der Waals surface area contributed by atoms with E-state index >= 15 is 0 Å². The Morgan fingerprint density at radius 2 is 1.74 bits per heavy atom. The Hall–Kier alpha value is -3.90. The quantitative estimate of drug-likeness (QED) is 0.298. The van der Waals surface area contributed by atoms with Crippen LogP contribution >= 0.6 is 0 Å². The molecule has 5 rings (SSSR count). The highest BCUT2D eigenvalue weighted by Gasteiger charge is 2.36. The summed E-state index contributed by atoms with van der Waals surface area (Å²) in [6.45, 7) is 7.75. The smallest absolute Gasteiger partial charge is 0.216 e. The molecule has 6 heteroatoms. The summed E-state index contributed by atoms with van der Waals surface area (Å²) in [5.74, 6) is 0.881. The summed E-state index contributed by atoms with van der Waals surface area (Å²) < 4.78 is 6.16. The predicted octanol–water partition coefficient (Wildman–Crippen LogP) is 5.84. The zero-order chi connectivity index (χ0) is 26.4. The predicted molar refractivity (Wildman–Crippen MR) is 154 cm³/mol. The van der Waals surface area contributed by atoms with Crippen molar-refractivity contribution in [3.63, 3.8) is 0 Å². The molecule has 1 aromatic heterocycles. The van der Waals surface area contributed by atoms with Crippen molar-refractivity contribution in [2.24, 2.45) is 0 Å². The maximum absolute atomic E-state index is 11.7. The first kappa shape index (κ1) is 25.7. The first-order valence-electron chi connectivity index (χ1n) is 13.4. The van der Waals surface area contributed by atoms with E-state index in [0.29, 0.717) is 13.2 Å². The van der Waals surface area contributed by atoms with E-state index < -0.39 is 0 Å². The molecule has 0 aliphatic carbocycles. The molecule has 0 bridgehead atoms. The van der Waals surface area contributed by atoms with Gasteiger partial charge in [-0.05, 0) is 62.7 Å². The fraction of sp³-hybridized carbons (Fsp3) is 0.312. The molecule has 1 aliphatic rings. The highest BCUT2D eigenvalue weighted by molar-refractivity contribution is 5.93. The molecule has 0 unspecified atom stereocenters. The normalized spacial score (nSPS) is 15.2. The van der Waals surface area contributed by atoms with Crippen LogP contribution in [0.5, 0.6) is 5.75 Å². The van der Waals surface area contributed by atoms with Gasteiger partial charge in [0.25, 0.3) is 0 Å². The van der Waals surface area contributed by atoms with Crippen LogP contribution in [0.25, 0.3) is 10.9 Å². The van der Waals surface area contributed by atoms with Gasteiger partial charge in [0.2, 0.25) is 5.91 Å². The molecular weight excluding hydrogens is 472 g/mol. The SMILES string of the molecule is CC(=O)NCC1(c2ccccc2)CCN(CCOc2cccc(Nc3cc(C)nc4ccccc34)c2)CC1. The number of amides is 1. The topological polar surface area (TPSA) is 66.5 Å². The molecule has 0 spiro atoms. The lowest BCUT2D eigenvalue weighted by Crippen LogP contribution is -2.49. The van der Waals surface area contributed by atoms with Gasteiger partial charge in [-0.3, -0.25) is 14.7 Å². The van der Waals surface area contributed by atoms with Crippen molar-refractivity contribution < 1.29 is 9.53 Å². The Kier molecular flexibility index (Phi) is 7.89. The standard InChI is InChI=1S/C32H36N4O2/c1-24-21-31(29-13-6-7-14-30(29)34-24)35-27-11-8-12-28(22-27)38-20-19-36-17-15-32(16-18-36,23-33-25(2)37)26-9-4-3-5-10-26/h3-14,21-22H,15-20,23H2,1-2H3,(H,33,37)(H,34,35). The fourth-order valence-corrected chi connectivity index (χ4v) is 5.38. The molecule has 1 fully saturated rings. The zero-order valence-corrected chi connectivity index (χ0v) is 22.2. The van der Waals surface area contributed by atoms with Crippen LogP contribution in [0.4, 0.5) is 11.4 Å². The largest absolute Gasteiger partial charge is 0.492 e. The molecule has 2 heterocycles. The number of pyridine rings is 1. The maximum atomic E-state index is 11.7. The number of aromatic nitrogens is 1. The molecule has 2 N–H and O–H groups in total. The van der Waals surface area contributed by atoms with E-state index in [1.165, 1.54) is 5.56 Å². The molecule has 1 saturated heterocycles. The lowest BCUT2D eigenvalue weighted by atomic mass is 9.72. The van der Waals surface area contributed by atoms with Crippen molar-refractivity contribution >= 4 is 28.2 Å². The number of fused-ring (bicyclic) bond motifs is 1. The minimum atomic E-state index is -0.0141. The molecule has 1 amide bonds. The average molecular weight is 509 g/mol. The van der Waals surface area contributed by atoms with Crippen molar-refractivity contribution in [1.82, 2.24) is 15.2 Å². The number of rotatable bonds is 9. The number of carbonyl (C=O) groups is 1. The van der Waals surface area contributed by atoms with Crippen LogP contribution in [0.3, 0.4) is 0 Å². The number of ether oxygens (including phenoxy) is 1. The third-order valence-electron chi connectivity index (χ3n) is 7.51. The molecule has 1 aliphatic heterocycles. The molecule has 0 saturated carbocycles. The molecule has 6 nitrogen and oxygen atoms in total. The van der Waals surface area contributed by atoms with Crippen LogP contribution in [0.2, 0.25) is 0 Å². The Balaban J connectivity index is 1.17. The highest BCUT2D eigenvalue weighted by Crippen LogP contribution is 2.35. The van der Waals surface area contributed by atoms with E-state index in [1.807, 2.05) is 43.3 Å². The molecule has 0 radical (unpaired) electrons. The van der Waals surface area contributed by atoms with E-state index in [-0.39, 0.29) is 11.3 Å². The van der Waals surface area contributed by atoms with E-state index in [1.54, 1.807) is 6.92 Å². The second-order valence-electron chi connectivity index (χ2n) is 10.2. The summed E-state index contributed by atoms with van der Waals surface area (Å²) in [5.41, 5.74) is 5.29. The van der Waals surface area contributed by atoms with Crippen LogP contribution in [0, 0.1) is 6.92 Å².